The van der Waals surface area contributed by atoms with Gasteiger partial charge in [-0.3, -0.25) is 0 Å². The first-order chi connectivity index (χ1) is 13.7. The van der Waals surface area contributed by atoms with Crippen LogP contribution in [0.25, 0.3) is 5.95 Å². The highest BCUT2D eigenvalue weighted by Gasteiger charge is 2.34. The third-order valence-corrected chi connectivity index (χ3v) is 3.97. The number of halogens is 5. The van der Waals surface area contributed by atoms with Crippen LogP contribution in [0.2, 0.25) is 5.02 Å². The smallest absolute Gasteiger partial charge is 0.328 e. The summed E-state index contributed by atoms with van der Waals surface area (Å²) < 4.78 is 54.0. The number of benzene rings is 1. The van der Waals surface area contributed by atoms with E-state index in [1.165, 1.54) is 23.4 Å². The number of nitrogens with zero attached hydrogens (tertiary/aromatic N) is 5. The Labute approximate surface area is 165 Å². The molecule has 0 radical (unpaired) electrons. The van der Waals surface area contributed by atoms with Gasteiger partial charge in [0.2, 0.25) is 0 Å². The molecule has 1 aromatic carbocycles. The summed E-state index contributed by atoms with van der Waals surface area (Å²) >= 11 is 5.43. The molecule has 1 unspecified atom stereocenters. The Morgan fingerprint density at radius 2 is 1.90 bits per heavy atom. The number of anilines is 1. The lowest BCUT2D eigenvalue weighted by atomic mass is 10.2. The van der Waals surface area contributed by atoms with Crippen LogP contribution in [0, 0.1) is 5.82 Å². The first-order valence-electron chi connectivity index (χ1n) is 7.98. The van der Waals surface area contributed by atoms with Gasteiger partial charge in [-0.05, 0) is 25.1 Å². The predicted octanol–water partition coefficient (Wildman–Crippen LogP) is 3.75. The summed E-state index contributed by atoms with van der Waals surface area (Å²) in [6.07, 6.45) is -0.617. The molecule has 1 atom stereocenters. The van der Waals surface area contributed by atoms with Gasteiger partial charge in [0.25, 0.3) is 5.95 Å². The van der Waals surface area contributed by atoms with E-state index in [4.69, 9.17) is 11.6 Å². The van der Waals surface area contributed by atoms with Crippen molar-refractivity contribution >= 4 is 23.3 Å². The number of carbonyl (C=O) groups is 1. The van der Waals surface area contributed by atoms with Crippen molar-refractivity contribution < 1.29 is 22.4 Å². The van der Waals surface area contributed by atoms with Crippen molar-refractivity contribution in [1.29, 1.82) is 0 Å². The average Bonchev–Trinajstić information content (AvgIpc) is 3.13. The first kappa shape index (κ1) is 20.5. The minimum Gasteiger partial charge on any atom is -0.328 e. The van der Waals surface area contributed by atoms with Crippen molar-refractivity contribution in [1.82, 2.24) is 30.0 Å². The number of aromatic nitrogens is 5. The quantitative estimate of drug-likeness (QED) is 0.615. The molecule has 2 N–H and O–H groups in total. The molecule has 0 aliphatic carbocycles. The monoisotopic (exact) mass is 429 g/mol. The number of nitrogens with one attached hydrogen (secondary N) is 2. The van der Waals surface area contributed by atoms with Gasteiger partial charge in [-0.1, -0.05) is 11.6 Å². The lowest BCUT2D eigenvalue weighted by Gasteiger charge is -2.16. The summed E-state index contributed by atoms with van der Waals surface area (Å²) in [4.78, 5) is 24.2. The van der Waals surface area contributed by atoms with Gasteiger partial charge in [-0.2, -0.15) is 23.0 Å². The lowest BCUT2D eigenvalue weighted by Crippen LogP contribution is -2.33. The molecule has 29 heavy (non-hydrogen) atoms. The Morgan fingerprint density at radius 1 is 1.21 bits per heavy atom. The van der Waals surface area contributed by atoms with E-state index in [0.29, 0.717) is 12.1 Å². The fourth-order valence-corrected chi connectivity index (χ4v) is 2.64. The molecule has 8 nitrogen and oxygen atoms in total. The molecule has 0 aliphatic rings. The van der Waals surface area contributed by atoms with Gasteiger partial charge in [-0.25, -0.2) is 24.1 Å². The molecule has 13 heteroatoms. The van der Waals surface area contributed by atoms with Crippen molar-refractivity contribution in [3.63, 3.8) is 0 Å². The number of urea groups is 1. The van der Waals surface area contributed by atoms with E-state index < -0.39 is 40.3 Å². The Balaban J connectivity index is 1.77. The lowest BCUT2D eigenvalue weighted by molar-refractivity contribution is -0.137. The Kier molecular flexibility index (Phi) is 5.64. The first-order valence-corrected chi connectivity index (χ1v) is 8.35. The zero-order chi connectivity index (χ0) is 21.2. The zero-order valence-electron chi connectivity index (χ0n) is 14.6. The summed E-state index contributed by atoms with van der Waals surface area (Å²) in [5.41, 5.74) is -1.95. The maximum absolute atomic E-state index is 13.9. The van der Waals surface area contributed by atoms with E-state index in [2.05, 4.69) is 25.4 Å². The van der Waals surface area contributed by atoms with Gasteiger partial charge in [0, 0.05) is 12.4 Å². The third kappa shape index (κ3) is 4.59. The van der Waals surface area contributed by atoms with Crippen LogP contribution < -0.4 is 10.6 Å². The van der Waals surface area contributed by atoms with Gasteiger partial charge in [0.15, 0.2) is 5.82 Å². The number of amides is 2. The number of alkyl halides is 3. The Hall–Kier alpha value is -3.28. The standard InChI is InChI=1S/C16H12ClF4N7O/c1-8(13-24-7-25-28(13)14-22-3-2-4-23-14)26-15(29)27-12-5-9(16(19,20)21)10(17)6-11(12)18/h2-8H,1H3,(H2,26,27,29). The summed E-state index contributed by atoms with van der Waals surface area (Å²) in [5.74, 6) is -0.668. The maximum atomic E-state index is 13.9. The van der Waals surface area contributed by atoms with E-state index in [0.717, 1.165) is 0 Å². The van der Waals surface area contributed by atoms with Crippen LogP contribution >= 0.6 is 11.6 Å². The topological polar surface area (TPSA) is 97.6 Å². The van der Waals surface area contributed by atoms with Gasteiger partial charge in [-0.15, -0.1) is 0 Å². The Morgan fingerprint density at radius 3 is 2.55 bits per heavy atom. The van der Waals surface area contributed by atoms with Crippen LogP contribution in [0.1, 0.15) is 24.4 Å². The zero-order valence-corrected chi connectivity index (χ0v) is 15.3. The molecule has 0 bridgehead atoms. The molecular formula is C16H12ClF4N7O. The van der Waals surface area contributed by atoms with Crippen molar-refractivity contribution in [3.05, 3.63) is 59.1 Å². The average molecular weight is 430 g/mol. The van der Waals surface area contributed by atoms with Gasteiger partial charge in [0.1, 0.15) is 12.1 Å². The van der Waals surface area contributed by atoms with Crippen LogP contribution in [0.4, 0.5) is 28.0 Å². The number of hydrogen-bond acceptors (Lipinski definition) is 5. The van der Waals surface area contributed by atoms with Crippen LogP contribution in [0.15, 0.2) is 36.9 Å². The molecule has 0 aliphatic heterocycles. The van der Waals surface area contributed by atoms with Crippen molar-refractivity contribution in [2.24, 2.45) is 0 Å². The van der Waals surface area contributed by atoms with E-state index in [9.17, 15) is 22.4 Å². The highest BCUT2D eigenvalue weighted by molar-refractivity contribution is 6.31. The summed E-state index contributed by atoms with van der Waals surface area (Å²) in [6, 6.07) is 0.772. The van der Waals surface area contributed by atoms with E-state index >= 15 is 0 Å². The van der Waals surface area contributed by atoms with Gasteiger partial charge in [0.05, 0.1) is 22.3 Å². The fraction of sp³-hybridized carbons (Fsp3) is 0.188. The van der Waals surface area contributed by atoms with Crippen LogP contribution in [0.5, 0.6) is 0 Å². The van der Waals surface area contributed by atoms with Gasteiger partial charge < -0.3 is 10.6 Å². The van der Waals surface area contributed by atoms with E-state index in [1.807, 2.05) is 5.32 Å². The molecule has 2 amide bonds. The predicted molar refractivity (Wildman–Crippen MR) is 93.9 cm³/mol. The van der Waals surface area contributed by atoms with E-state index in [-0.39, 0.29) is 11.8 Å². The largest absolute Gasteiger partial charge is 0.417 e. The second-order valence-electron chi connectivity index (χ2n) is 5.71. The number of hydrogen-bond donors (Lipinski definition) is 2. The maximum Gasteiger partial charge on any atom is 0.417 e. The SMILES string of the molecule is CC(NC(=O)Nc1cc(C(F)(F)F)c(Cl)cc1F)c1ncnn1-c1ncccn1. The van der Waals surface area contributed by atoms with Crippen LogP contribution in [0.3, 0.4) is 0 Å². The summed E-state index contributed by atoms with van der Waals surface area (Å²) in [6.45, 7) is 1.54. The summed E-state index contributed by atoms with van der Waals surface area (Å²) in [7, 11) is 0. The van der Waals surface area contributed by atoms with Crippen molar-refractivity contribution in [2.75, 3.05) is 5.32 Å². The normalized spacial score (nSPS) is 12.5. The van der Waals surface area contributed by atoms with Gasteiger partial charge >= 0.3 is 12.2 Å². The van der Waals surface area contributed by atoms with Crippen molar-refractivity contribution in [2.45, 2.75) is 19.1 Å². The molecule has 3 aromatic rings. The molecule has 0 saturated carbocycles. The van der Waals surface area contributed by atoms with Crippen LogP contribution in [-0.4, -0.2) is 30.8 Å². The fourth-order valence-electron chi connectivity index (χ4n) is 2.38. The number of rotatable bonds is 4. The Bertz CT molecular complexity index is 1030. The third-order valence-electron chi connectivity index (χ3n) is 3.66. The minimum absolute atomic E-state index is 0.202. The molecule has 2 heterocycles. The van der Waals surface area contributed by atoms with Crippen molar-refractivity contribution in [3.8, 4) is 5.95 Å². The minimum atomic E-state index is -4.81. The highest BCUT2D eigenvalue weighted by atomic mass is 35.5. The molecule has 152 valence electrons. The highest BCUT2D eigenvalue weighted by Crippen LogP contribution is 2.37. The molecule has 2 aromatic heterocycles. The summed E-state index contributed by atoms with van der Waals surface area (Å²) in [5, 5.41) is 7.62. The number of carbonyl (C=O) groups excluding carboxylic acids is 1. The molecule has 0 saturated heterocycles. The second kappa shape index (κ2) is 7.99. The molecule has 0 fully saturated rings. The van der Waals surface area contributed by atoms with E-state index in [1.54, 1.807) is 13.0 Å². The molecule has 0 spiro atoms. The second-order valence-corrected chi connectivity index (χ2v) is 6.12. The van der Waals surface area contributed by atoms with Crippen LogP contribution in [-0.2, 0) is 6.18 Å². The molecular weight excluding hydrogens is 418 g/mol. The molecule has 3 rings (SSSR count).